The van der Waals surface area contributed by atoms with Gasteiger partial charge in [0.05, 0.1) is 24.8 Å². The molecule has 2 heterocycles. The average molecular weight is 237 g/mol. The molecule has 0 radical (unpaired) electrons. The number of hydrogen-bond acceptors (Lipinski definition) is 5. The van der Waals surface area contributed by atoms with Crippen molar-refractivity contribution in [2.75, 3.05) is 42.9 Å². The molecule has 2 aliphatic heterocycles. The lowest BCUT2D eigenvalue weighted by Gasteiger charge is -2.35. The van der Waals surface area contributed by atoms with Crippen LogP contribution in [0.4, 0.5) is 11.4 Å². The van der Waals surface area contributed by atoms with Crippen LogP contribution in [-0.2, 0) is 4.74 Å². The zero-order valence-electron chi connectivity index (χ0n) is 9.06. The first-order valence-corrected chi connectivity index (χ1v) is 6.45. The first-order valence-electron chi connectivity index (χ1n) is 5.47. The molecular weight excluding hydrogens is 222 g/mol. The molecule has 4 nitrogen and oxygen atoms in total. The molecule has 0 aliphatic carbocycles. The van der Waals surface area contributed by atoms with Crippen LogP contribution in [0.5, 0.6) is 0 Å². The molecule has 1 fully saturated rings. The quantitative estimate of drug-likeness (QED) is 0.747. The Morgan fingerprint density at radius 3 is 2.88 bits per heavy atom. The van der Waals surface area contributed by atoms with Crippen molar-refractivity contribution in [1.29, 1.82) is 0 Å². The molecule has 0 aromatic heterocycles. The van der Waals surface area contributed by atoms with Gasteiger partial charge in [-0.05, 0) is 18.2 Å². The van der Waals surface area contributed by atoms with Gasteiger partial charge in [0.1, 0.15) is 0 Å². The molecule has 0 spiro atoms. The minimum Gasteiger partial charge on any atom is -0.399 e. The fourth-order valence-corrected chi connectivity index (χ4v) is 3.19. The summed E-state index contributed by atoms with van der Waals surface area (Å²) < 4.78 is 5.37. The van der Waals surface area contributed by atoms with Crippen LogP contribution in [0.3, 0.4) is 0 Å². The van der Waals surface area contributed by atoms with Crippen LogP contribution in [0.1, 0.15) is 0 Å². The number of ether oxygens (including phenoxy) is 1. The van der Waals surface area contributed by atoms with Crippen molar-refractivity contribution in [3.8, 4) is 0 Å². The molecule has 1 aromatic rings. The topological polar surface area (TPSA) is 41.7 Å². The summed E-state index contributed by atoms with van der Waals surface area (Å²) in [6, 6.07) is 6.14. The van der Waals surface area contributed by atoms with E-state index in [2.05, 4.69) is 22.2 Å². The number of nitrogens with two attached hydrogens (primary N) is 1. The molecule has 0 saturated carbocycles. The number of anilines is 2. The Morgan fingerprint density at radius 2 is 2.06 bits per heavy atom. The summed E-state index contributed by atoms with van der Waals surface area (Å²) in [7, 11) is 0. The zero-order valence-corrected chi connectivity index (χ0v) is 9.87. The molecule has 2 aliphatic rings. The Morgan fingerprint density at radius 1 is 1.25 bits per heavy atom. The third-order valence-electron chi connectivity index (χ3n) is 2.93. The maximum atomic E-state index is 5.79. The second-order valence-corrected chi connectivity index (χ2v) is 4.95. The van der Waals surface area contributed by atoms with Crippen molar-refractivity contribution < 1.29 is 4.74 Å². The molecule has 0 bridgehead atoms. The molecule has 3 rings (SSSR count). The number of nitrogens with zero attached hydrogens (tertiary/aromatic N) is 2. The van der Waals surface area contributed by atoms with Gasteiger partial charge in [0, 0.05) is 23.7 Å². The average Bonchev–Trinajstić information content (AvgIpc) is 2.73. The lowest BCUT2D eigenvalue weighted by Crippen LogP contribution is -2.47. The standard InChI is InChI=1S/C11H15N3OS/c12-9-1-2-10-11(7-9)16-8-14(10)13-3-5-15-6-4-13/h1-2,7H,3-6,8,12H2. The van der Waals surface area contributed by atoms with Crippen molar-refractivity contribution in [2.45, 2.75) is 4.90 Å². The molecule has 2 N–H and O–H groups in total. The van der Waals surface area contributed by atoms with Gasteiger partial charge in [-0.15, -0.1) is 11.8 Å². The Balaban J connectivity index is 1.84. The number of nitrogen functional groups attached to an aromatic ring is 1. The number of morpholine rings is 1. The molecule has 0 amide bonds. The summed E-state index contributed by atoms with van der Waals surface area (Å²) in [5.74, 6) is 0.985. The molecule has 86 valence electrons. The van der Waals surface area contributed by atoms with E-state index in [-0.39, 0.29) is 0 Å². The highest BCUT2D eigenvalue weighted by Crippen LogP contribution is 2.40. The van der Waals surface area contributed by atoms with Crippen molar-refractivity contribution in [2.24, 2.45) is 0 Å². The lowest BCUT2D eigenvalue weighted by molar-refractivity contribution is 0.0341. The van der Waals surface area contributed by atoms with E-state index in [0.29, 0.717) is 0 Å². The van der Waals surface area contributed by atoms with Gasteiger partial charge < -0.3 is 10.5 Å². The SMILES string of the molecule is Nc1ccc2c(c1)SCN2N1CCOCC1. The van der Waals surface area contributed by atoms with Crippen molar-refractivity contribution >= 4 is 23.1 Å². The Labute approximate surface area is 99.3 Å². The molecule has 0 unspecified atom stereocenters. The van der Waals surface area contributed by atoms with Gasteiger partial charge in [0.15, 0.2) is 0 Å². The number of benzene rings is 1. The monoisotopic (exact) mass is 237 g/mol. The smallest absolute Gasteiger partial charge is 0.0849 e. The largest absolute Gasteiger partial charge is 0.399 e. The van der Waals surface area contributed by atoms with Gasteiger partial charge in [0.2, 0.25) is 0 Å². The van der Waals surface area contributed by atoms with E-state index in [4.69, 9.17) is 10.5 Å². The first kappa shape index (κ1) is 10.3. The molecule has 5 heteroatoms. The maximum Gasteiger partial charge on any atom is 0.0849 e. The second-order valence-electron chi connectivity index (χ2n) is 3.97. The van der Waals surface area contributed by atoms with Crippen LogP contribution in [0, 0.1) is 0 Å². The fraction of sp³-hybridized carbons (Fsp3) is 0.455. The summed E-state index contributed by atoms with van der Waals surface area (Å²) in [4.78, 5) is 1.28. The third kappa shape index (κ3) is 1.75. The van der Waals surface area contributed by atoms with Gasteiger partial charge in [0.25, 0.3) is 0 Å². The van der Waals surface area contributed by atoms with Crippen LogP contribution in [0.25, 0.3) is 0 Å². The number of rotatable bonds is 1. The van der Waals surface area contributed by atoms with Gasteiger partial charge in [-0.25, -0.2) is 5.01 Å². The lowest BCUT2D eigenvalue weighted by atomic mass is 10.3. The fourth-order valence-electron chi connectivity index (χ4n) is 2.09. The van der Waals surface area contributed by atoms with E-state index in [1.165, 1.54) is 10.6 Å². The second kappa shape index (κ2) is 4.16. The summed E-state index contributed by atoms with van der Waals surface area (Å²) in [5.41, 5.74) is 7.91. The van der Waals surface area contributed by atoms with E-state index in [1.807, 2.05) is 17.8 Å². The number of fused-ring (bicyclic) bond motifs is 1. The van der Waals surface area contributed by atoms with Gasteiger partial charge >= 0.3 is 0 Å². The van der Waals surface area contributed by atoms with Gasteiger partial charge in [-0.2, -0.15) is 0 Å². The van der Waals surface area contributed by atoms with Crippen molar-refractivity contribution in [3.63, 3.8) is 0 Å². The predicted molar refractivity (Wildman–Crippen MR) is 66.4 cm³/mol. The van der Waals surface area contributed by atoms with E-state index >= 15 is 0 Å². The zero-order chi connectivity index (χ0) is 11.0. The van der Waals surface area contributed by atoms with Crippen LogP contribution >= 0.6 is 11.8 Å². The third-order valence-corrected chi connectivity index (χ3v) is 3.94. The van der Waals surface area contributed by atoms with E-state index in [0.717, 1.165) is 37.9 Å². The number of hydrazine groups is 1. The van der Waals surface area contributed by atoms with E-state index in [9.17, 15) is 0 Å². The van der Waals surface area contributed by atoms with Crippen LogP contribution in [-0.4, -0.2) is 37.2 Å². The van der Waals surface area contributed by atoms with E-state index < -0.39 is 0 Å². The Hall–Kier alpha value is -0.910. The van der Waals surface area contributed by atoms with Crippen LogP contribution in [0.15, 0.2) is 23.1 Å². The summed E-state index contributed by atoms with van der Waals surface area (Å²) in [6.45, 7) is 3.60. The highest BCUT2D eigenvalue weighted by Gasteiger charge is 2.26. The molecule has 1 saturated heterocycles. The molecule has 16 heavy (non-hydrogen) atoms. The summed E-state index contributed by atoms with van der Waals surface area (Å²) in [5, 5.41) is 4.69. The Bertz CT molecular complexity index is 393. The van der Waals surface area contributed by atoms with Crippen molar-refractivity contribution in [1.82, 2.24) is 5.01 Å². The molecular formula is C11H15N3OS. The summed E-state index contributed by atoms with van der Waals surface area (Å²) >= 11 is 1.85. The summed E-state index contributed by atoms with van der Waals surface area (Å²) in [6.07, 6.45) is 0. The minimum absolute atomic E-state index is 0.825. The van der Waals surface area contributed by atoms with Gasteiger partial charge in [-0.1, -0.05) is 0 Å². The maximum absolute atomic E-state index is 5.79. The number of hydrogen-bond donors (Lipinski definition) is 1. The first-order chi connectivity index (χ1) is 7.84. The van der Waals surface area contributed by atoms with Gasteiger partial charge in [-0.3, -0.25) is 5.01 Å². The molecule has 1 aromatic carbocycles. The predicted octanol–water partition coefficient (Wildman–Crippen LogP) is 1.39. The highest BCUT2D eigenvalue weighted by molar-refractivity contribution is 7.99. The Kier molecular flexibility index (Phi) is 2.67. The van der Waals surface area contributed by atoms with Crippen LogP contribution < -0.4 is 10.7 Å². The van der Waals surface area contributed by atoms with Crippen LogP contribution in [0.2, 0.25) is 0 Å². The number of thioether (sulfide) groups is 1. The highest BCUT2D eigenvalue weighted by atomic mass is 32.2. The normalized spacial score (nSPS) is 21.1. The van der Waals surface area contributed by atoms with E-state index in [1.54, 1.807) is 0 Å². The minimum atomic E-state index is 0.825. The molecule has 0 atom stereocenters. The van der Waals surface area contributed by atoms with Crippen molar-refractivity contribution in [3.05, 3.63) is 18.2 Å².